The fourth-order valence-electron chi connectivity index (χ4n) is 0. The van der Waals surface area contributed by atoms with Gasteiger partial charge in [0, 0.05) is 36.3 Å². The summed E-state index contributed by atoms with van der Waals surface area (Å²) in [7, 11) is -1.08. The Bertz CT molecular complexity index is 30.6. The molecule has 0 unspecified atom stereocenters. The van der Waals surface area contributed by atoms with Gasteiger partial charge in [0.25, 0.3) is 0 Å². The smallest absolute Gasteiger partial charge is 0 e. The van der Waals surface area contributed by atoms with Gasteiger partial charge < -0.3 is 0 Å². The molecule has 28 valence electrons. The molecule has 5 heavy (non-hydrogen) atoms. The maximum atomic E-state index is 8.35. The zero-order valence-corrected chi connectivity index (χ0v) is 7.21. The van der Waals surface area contributed by atoms with Crippen LogP contribution in [0.15, 0.2) is 0 Å². The molecule has 0 aliphatic carbocycles. The van der Waals surface area contributed by atoms with E-state index in [1.165, 1.54) is 0 Å². The van der Waals surface area contributed by atoms with E-state index in [0.717, 1.165) is 0 Å². The van der Waals surface area contributed by atoms with Gasteiger partial charge in [0.05, 0.1) is 0 Å². The SMILES string of the molecule is O=[P]=O.[Co].[Zn]. The fraction of sp³-hybridized carbons (Fsp3) is 0. The van der Waals surface area contributed by atoms with Crippen LogP contribution in [-0.2, 0) is 45.4 Å². The van der Waals surface area contributed by atoms with E-state index in [4.69, 9.17) is 9.13 Å². The van der Waals surface area contributed by atoms with Crippen molar-refractivity contribution in [2.45, 2.75) is 0 Å². The minimum Gasteiger partial charge on any atom is 0 e. The second-order valence-electron chi connectivity index (χ2n) is 0.0745. The largest absolute Gasteiger partial charge is 0 e. The molecule has 0 saturated carbocycles. The first-order chi connectivity index (χ1) is 1.41. The molecule has 0 aliphatic rings. The second kappa shape index (κ2) is 19.1. The second-order valence-corrected chi connectivity index (χ2v) is 0.224. The quantitative estimate of drug-likeness (QED) is 0.411. The van der Waals surface area contributed by atoms with Crippen LogP contribution in [0.25, 0.3) is 0 Å². The minimum atomic E-state index is -1.08. The van der Waals surface area contributed by atoms with Crippen LogP contribution < -0.4 is 0 Å². The van der Waals surface area contributed by atoms with E-state index < -0.39 is 8.34 Å². The molecule has 0 spiro atoms. The maximum Gasteiger partial charge on any atom is 0 e. The van der Waals surface area contributed by atoms with E-state index in [2.05, 4.69) is 0 Å². The van der Waals surface area contributed by atoms with E-state index in [0.29, 0.717) is 0 Å². The molecule has 0 aromatic rings. The van der Waals surface area contributed by atoms with Gasteiger partial charge in [-0.05, 0) is 0 Å². The van der Waals surface area contributed by atoms with Gasteiger partial charge in [-0.15, -0.1) is 0 Å². The van der Waals surface area contributed by atoms with Crippen molar-refractivity contribution >= 4 is 8.34 Å². The van der Waals surface area contributed by atoms with Crippen LogP contribution in [0.2, 0.25) is 0 Å². The first kappa shape index (κ1) is 16.4. The summed E-state index contributed by atoms with van der Waals surface area (Å²) < 4.78 is 16.7. The van der Waals surface area contributed by atoms with Gasteiger partial charge in [-0.3, -0.25) is 0 Å². The molecule has 0 N–H and O–H groups in total. The van der Waals surface area contributed by atoms with Crippen LogP contribution in [0, 0.1) is 0 Å². The third kappa shape index (κ3) is 38.3. The van der Waals surface area contributed by atoms with E-state index >= 15 is 0 Å². The van der Waals surface area contributed by atoms with Crippen LogP contribution in [-0.4, -0.2) is 0 Å². The molecular formula is CoO2PZn. The Labute approximate surface area is 53.9 Å². The predicted octanol–water partition coefficient (Wildman–Crippen LogP) is 0.619. The fourth-order valence-corrected chi connectivity index (χ4v) is 0. The summed E-state index contributed by atoms with van der Waals surface area (Å²) in [4.78, 5) is 0. The van der Waals surface area contributed by atoms with Crippen molar-refractivity contribution in [2.24, 2.45) is 0 Å². The molecule has 0 aliphatic heterocycles. The molecule has 0 aromatic carbocycles. The number of rotatable bonds is 0. The van der Waals surface area contributed by atoms with Crippen molar-refractivity contribution in [1.82, 2.24) is 0 Å². The molecule has 0 rings (SSSR count). The molecule has 5 heteroatoms. The molecule has 0 amide bonds. The Morgan fingerprint density at radius 1 is 1.20 bits per heavy atom. The van der Waals surface area contributed by atoms with Gasteiger partial charge in [0.15, 0.2) is 0 Å². The zero-order chi connectivity index (χ0) is 2.71. The van der Waals surface area contributed by atoms with Crippen LogP contribution in [0.1, 0.15) is 0 Å². The van der Waals surface area contributed by atoms with Crippen molar-refractivity contribution in [3.8, 4) is 0 Å². The molecule has 0 saturated heterocycles. The van der Waals surface area contributed by atoms with E-state index in [-0.39, 0.29) is 36.3 Å². The standard InChI is InChI=1S/Co.O2P.Zn/c;1-3-2;. The number of hydrogen-bond donors (Lipinski definition) is 0. The molecule has 2 nitrogen and oxygen atoms in total. The van der Waals surface area contributed by atoms with Crippen LogP contribution in [0.5, 0.6) is 0 Å². The summed E-state index contributed by atoms with van der Waals surface area (Å²) in [6.45, 7) is 0. The van der Waals surface area contributed by atoms with E-state index in [9.17, 15) is 0 Å². The first-order valence-electron chi connectivity index (χ1n) is 0.365. The van der Waals surface area contributed by atoms with Gasteiger partial charge >= 0.3 is 17.5 Å². The molecule has 2 radical (unpaired) electrons. The zero-order valence-electron chi connectivity index (χ0n) is 2.30. The third-order valence-corrected chi connectivity index (χ3v) is 0. The molecular weight excluding hydrogens is 187 g/mol. The van der Waals surface area contributed by atoms with Gasteiger partial charge in [-0.25, -0.2) is 0 Å². The van der Waals surface area contributed by atoms with Crippen molar-refractivity contribution in [3.63, 3.8) is 0 Å². The van der Waals surface area contributed by atoms with Gasteiger partial charge in [0.1, 0.15) is 0 Å². The van der Waals surface area contributed by atoms with Crippen LogP contribution >= 0.6 is 8.34 Å². The van der Waals surface area contributed by atoms with Gasteiger partial charge in [0.2, 0.25) is 0 Å². The number of hydrogen-bond acceptors (Lipinski definition) is 2. The Hall–Kier alpha value is 1.16. The topological polar surface area (TPSA) is 34.1 Å². The molecule has 0 fully saturated rings. The first-order valence-corrected chi connectivity index (χ1v) is 1.10. The summed E-state index contributed by atoms with van der Waals surface area (Å²) in [5.74, 6) is 0. The third-order valence-electron chi connectivity index (χ3n) is 0. The Morgan fingerprint density at radius 2 is 1.20 bits per heavy atom. The monoisotopic (exact) mass is 186 g/mol. The predicted molar refractivity (Wildman–Crippen MR) is 8.29 cm³/mol. The average Bonchev–Trinajstić information content (AvgIpc) is 0.918. The summed E-state index contributed by atoms with van der Waals surface area (Å²) in [5.41, 5.74) is 0. The Kier molecular flexibility index (Phi) is 62.9. The van der Waals surface area contributed by atoms with E-state index in [1.807, 2.05) is 0 Å². The average molecular weight is 187 g/mol. The minimum absolute atomic E-state index is 0. The normalized spacial score (nSPS) is 1.60. The summed E-state index contributed by atoms with van der Waals surface area (Å²) in [5, 5.41) is 0. The summed E-state index contributed by atoms with van der Waals surface area (Å²) in [6, 6.07) is 0. The van der Waals surface area contributed by atoms with Crippen LogP contribution in [0.4, 0.5) is 0 Å². The maximum absolute atomic E-state index is 8.35. The molecule has 0 atom stereocenters. The summed E-state index contributed by atoms with van der Waals surface area (Å²) in [6.07, 6.45) is 0. The molecule has 0 aromatic heterocycles. The molecule has 0 bridgehead atoms. The Balaban J connectivity index is -0.0000000200. The van der Waals surface area contributed by atoms with Gasteiger partial charge in [-0.2, -0.15) is 0 Å². The molecule has 0 heterocycles. The van der Waals surface area contributed by atoms with Gasteiger partial charge in [-0.1, -0.05) is 0 Å². The Morgan fingerprint density at radius 3 is 1.20 bits per heavy atom. The van der Waals surface area contributed by atoms with Crippen molar-refractivity contribution in [3.05, 3.63) is 0 Å². The van der Waals surface area contributed by atoms with Crippen molar-refractivity contribution < 1.29 is 45.4 Å². The van der Waals surface area contributed by atoms with E-state index in [1.54, 1.807) is 0 Å². The summed E-state index contributed by atoms with van der Waals surface area (Å²) >= 11 is 0. The van der Waals surface area contributed by atoms with Crippen molar-refractivity contribution in [1.29, 1.82) is 0 Å². The van der Waals surface area contributed by atoms with Crippen molar-refractivity contribution in [2.75, 3.05) is 0 Å². The van der Waals surface area contributed by atoms with Crippen LogP contribution in [0.3, 0.4) is 0 Å².